The van der Waals surface area contributed by atoms with Crippen molar-refractivity contribution in [2.24, 2.45) is 51.8 Å². The number of hydrogen-bond acceptors (Lipinski definition) is 8. The quantitative estimate of drug-likeness (QED) is 0.0370. The van der Waals surface area contributed by atoms with Crippen LogP contribution in [0.1, 0.15) is 142 Å². The Hall–Kier alpha value is -2.99. The molecule has 0 atom stereocenters. The lowest BCUT2D eigenvalue weighted by atomic mass is 9.49. The van der Waals surface area contributed by atoms with E-state index in [4.69, 9.17) is 44.0 Å². The Balaban J connectivity index is 0.000000293. The normalized spacial score (nSPS) is 29.0. The third kappa shape index (κ3) is 19.3. The van der Waals surface area contributed by atoms with Crippen LogP contribution in [-0.4, -0.2) is 97.6 Å². The molecular weight excluding hydrogens is 924 g/mol. The minimum Gasteiger partial charge on any atom is -1.00 e. The number of aliphatic hydroxyl groups excluding tert-OH is 1. The van der Waals surface area contributed by atoms with Crippen LogP contribution in [0.15, 0.2) is 41.4 Å². The minimum atomic E-state index is -3.67. The maximum atomic E-state index is 11.8. The number of nitrogens with zero attached hydrogens (tertiary/aromatic N) is 4. The van der Waals surface area contributed by atoms with Gasteiger partial charge in [-0.15, -0.1) is 33.4 Å². The summed E-state index contributed by atoms with van der Waals surface area (Å²) in [7, 11) is -1.00. The number of hydrazine groups is 1. The smallest absolute Gasteiger partial charge is 0.762 e. The van der Waals surface area contributed by atoms with E-state index in [0.29, 0.717) is 11.8 Å². The van der Waals surface area contributed by atoms with E-state index in [9.17, 15) is 22.5 Å². The molecule has 8 fully saturated rings. The summed E-state index contributed by atoms with van der Waals surface area (Å²) in [5, 5.41) is 19.2. The van der Waals surface area contributed by atoms with Gasteiger partial charge in [-0.3, -0.25) is 33.0 Å². The number of nitrogens with one attached hydrogen (secondary N) is 2. The van der Waals surface area contributed by atoms with Crippen molar-refractivity contribution in [1.29, 1.82) is 0 Å². The summed E-state index contributed by atoms with van der Waals surface area (Å²) in [5.74, 6) is 14.4. The predicted molar refractivity (Wildman–Crippen MR) is 266 cm³/mol. The zero-order valence-electron chi connectivity index (χ0n) is 41.4. The van der Waals surface area contributed by atoms with E-state index in [1.54, 1.807) is 7.11 Å². The first-order valence-corrected chi connectivity index (χ1v) is 25.8. The summed E-state index contributed by atoms with van der Waals surface area (Å²) in [6, 6.07) is 0. The van der Waals surface area contributed by atoms with Gasteiger partial charge < -0.3 is 28.8 Å². The molecule has 8 saturated carbocycles. The second-order valence-electron chi connectivity index (χ2n) is 19.0. The number of carbonyl (C=O) groups excluding carboxylic acids is 2. The Morgan fingerprint density at radius 3 is 1.74 bits per heavy atom. The van der Waals surface area contributed by atoms with Crippen molar-refractivity contribution < 1.29 is 41.5 Å². The highest BCUT2D eigenvalue weighted by atomic mass is 35.5. The number of aromatic nitrogens is 3. The highest BCUT2D eigenvalue weighted by Crippen LogP contribution is 2.61. The number of amides is 2. The van der Waals surface area contributed by atoms with Crippen LogP contribution >= 0.6 is 23.2 Å². The maximum absolute atomic E-state index is 11.8. The molecule has 0 saturated heterocycles. The number of alkyl halides is 2. The Morgan fingerprint density at radius 1 is 0.809 bits per heavy atom. The van der Waals surface area contributed by atoms with Crippen molar-refractivity contribution in [3.8, 4) is 0 Å². The first-order valence-electron chi connectivity index (χ1n) is 24.7. The number of hydrogen-bond donors (Lipinski definition) is 4. The number of aliphatic imine (C=N–C) groups is 1. The molecule has 68 heavy (non-hydrogen) atoms. The summed E-state index contributed by atoms with van der Waals surface area (Å²) < 4.78 is 39.5. The van der Waals surface area contributed by atoms with Gasteiger partial charge in [-0.25, -0.2) is 5.84 Å². The van der Waals surface area contributed by atoms with Crippen LogP contribution in [0.3, 0.4) is 0 Å². The first-order chi connectivity index (χ1) is 32.4. The van der Waals surface area contributed by atoms with Gasteiger partial charge in [0.2, 0.25) is 11.8 Å². The molecule has 8 bridgehead atoms. The maximum Gasteiger partial charge on any atom is 0.762 e. The molecule has 0 radical (unpaired) electrons. The zero-order valence-corrected chi connectivity index (χ0v) is 42.9. The number of methoxy groups -OCH3 is 1. The molecule has 0 unspecified atom stereocenters. The van der Waals surface area contributed by atoms with Gasteiger partial charge in [0.1, 0.15) is 31.5 Å². The monoisotopic (exact) mass is 1010 g/mol. The van der Waals surface area contributed by atoms with Crippen LogP contribution in [0.25, 0.3) is 0 Å². The van der Waals surface area contributed by atoms with Gasteiger partial charge in [0.25, 0.3) is 0 Å². The highest BCUT2D eigenvalue weighted by Gasteiger charge is 2.55. The fourth-order valence-corrected chi connectivity index (χ4v) is 12.6. The number of rotatable bonds is 5. The molecule has 1 aromatic heterocycles. The third-order valence-corrected chi connectivity index (χ3v) is 14.6. The zero-order chi connectivity index (χ0) is 49.2. The average molecular weight is 1010 g/mol. The lowest BCUT2D eigenvalue weighted by Gasteiger charge is -2.56. The van der Waals surface area contributed by atoms with E-state index < -0.39 is 7.54 Å². The Labute approximate surface area is 414 Å². The number of carbonyl (C=O) groups is 2. The van der Waals surface area contributed by atoms with Gasteiger partial charge in [0, 0.05) is 72.2 Å². The van der Waals surface area contributed by atoms with Crippen molar-refractivity contribution >= 4 is 48.5 Å². The first kappa shape index (κ1) is 61.1. The van der Waals surface area contributed by atoms with Crippen LogP contribution in [0.2, 0.25) is 0 Å². The molecule has 388 valence electrons. The van der Waals surface area contributed by atoms with E-state index in [-0.39, 0.29) is 27.3 Å². The molecule has 5 N–H and O–H groups in total. The summed E-state index contributed by atoms with van der Waals surface area (Å²) >= 11 is 9.53. The van der Waals surface area contributed by atoms with Gasteiger partial charge in [0.15, 0.2) is 5.90 Å². The SMILES string of the molecule is C1=CCc2nnc(C34CC5CC(CC(C5)C3)C4)n2CC1.CC[O+](CC)CC.CO.COC1=NCCC=CC1.ClCCl.FB(F)F.NNC(=O)C12CC3CC(CC(C3)C1)C2.O=C1CC=CCCN1.[F-]. The molecule has 0 spiro atoms. The van der Waals surface area contributed by atoms with Gasteiger partial charge in [0.05, 0.1) is 17.9 Å². The molecule has 1 aromatic rings. The fourth-order valence-electron chi connectivity index (χ4n) is 12.6. The van der Waals surface area contributed by atoms with Crippen LogP contribution in [0, 0.1) is 40.9 Å². The van der Waals surface area contributed by atoms with Crippen LogP contribution in [0.5, 0.6) is 0 Å². The highest BCUT2D eigenvalue weighted by molar-refractivity contribution is 6.40. The van der Waals surface area contributed by atoms with Gasteiger partial charge in [-0.05, 0) is 132 Å². The van der Waals surface area contributed by atoms with E-state index >= 15 is 0 Å². The molecule has 12 nitrogen and oxygen atoms in total. The van der Waals surface area contributed by atoms with Crippen molar-refractivity contribution in [2.45, 2.75) is 148 Å². The standard InChI is InChI=1S/C17H23N3.C11H18N2O.C7H11NO.C6H9NO.C6H15O.CH2Cl2.CH4O.BF3.FH/c1-2-4-15-18-19-16(20(15)5-3-1)17-9-12-6-13(10-17)8-14(7-12)11-17;12-13-10(14)11-4-7-1-8(5-11)3-9(2-7)6-11;1-9-7-5-3-2-4-6-8-7;8-6-4-2-1-3-5-7-6;1-4-7(5-2)6-3;2-1-3;1-2;2-1(3)4;/h1-2,12-14H,3-11H2;7-9H,1-6,12H2,(H,13,14);2-3H,4-6H2,1H3;1-2H,3-5H2,(H,7,8);4-6H2,1-3H3;1H2;2H,1H3;;1H/q;;;;+1;;;;/p-1. The second-order valence-corrected chi connectivity index (χ2v) is 19.8. The number of allylic oxidation sites excluding steroid dienone is 2. The largest absolute Gasteiger partial charge is 1.00 e. The number of aliphatic hydroxyl groups is 1. The Bertz CT molecular complexity index is 1640. The number of ether oxygens (including phenoxy) is 1. The number of halogens is 6. The van der Waals surface area contributed by atoms with E-state index in [1.807, 2.05) is 12.2 Å². The average Bonchev–Trinajstić information content (AvgIpc) is 3.57. The number of fused-ring (bicyclic) bond motifs is 1. The number of nitrogens with two attached hydrogens (primary N) is 1. The van der Waals surface area contributed by atoms with Crippen molar-refractivity contribution in [1.82, 2.24) is 25.5 Å². The summed E-state index contributed by atoms with van der Waals surface area (Å²) in [4.78, 5) is 26.5. The molecule has 11 aliphatic rings. The van der Waals surface area contributed by atoms with Gasteiger partial charge in [-0.1, -0.05) is 36.5 Å². The Kier molecular flexibility index (Phi) is 29.5. The second kappa shape index (κ2) is 32.8. The molecule has 0 aromatic carbocycles. The van der Waals surface area contributed by atoms with Gasteiger partial charge >= 0.3 is 7.54 Å². The van der Waals surface area contributed by atoms with Crippen molar-refractivity contribution in [3.05, 3.63) is 48.1 Å². The summed E-state index contributed by atoms with van der Waals surface area (Å²) in [6.07, 6.45) is 34.4. The van der Waals surface area contributed by atoms with Crippen molar-refractivity contribution in [2.75, 3.05) is 52.5 Å². The van der Waals surface area contributed by atoms with Crippen LogP contribution in [0.4, 0.5) is 12.9 Å². The van der Waals surface area contributed by atoms with E-state index in [0.717, 1.165) is 139 Å². The van der Waals surface area contributed by atoms with E-state index in [1.165, 1.54) is 69.4 Å². The van der Waals surface area contributed by atoms with Gasteiger partial charge in [-0.2, -0.15) is 0 Å². The van der Waals surface area contributed by atoms with Crippen molar-refractivity contribution in [3.63, 3.8) is 0 Å². The molecule has 8 aliphatic carbocycles. The summed E-state index contributed by atoms with van der Waals surface area (Å²) in [5.41, 5.74) is 2.71. The summed E-state index contributed by atoms with van der Waals surface area (Å²) in [6.45, 7) is 12.5. The molecular formula is C49H82BCl2F4N7O5. The molecule has 4 heterocycles. The molecule has 2 amide bonds. The molecule has 3 aliphatic heterocycles. The lowest BCUT2D eigenvalue weighted by Crippen LogP contribution is -3.00. The minimum absolute atomic E-state index is 0. The third-order valence-electron chi connectivity index (χ3n) is 14.6. The van der Waals surface area contributed by atoms with Crippen LogP contribution in [-0.2, 0) is 37.1 Å². The lowest BCUT2D eigenvalue weighted by molar-refractivity contribution is -0.146. The van der Waals surface area contributed by atoms with Crippen LogP contribution < -0.4 is 21.3 Å². The molecule has 12 rings (SSSR count). The fraction of sp³-hybridized carbons (Fsp3) is 0.776. The predicted octanol–water partition coefficient (Wildman–Crippen LogP) is 6.79. The molecule has 19 heteroatoms. The van der Waals surface area contributed by atoms with E-state index in [2.05, 4.69) is 74.8 Å². The topological polar surface area (TPSA) is 159 Å². The Morgan fingerprint density at radius 2 is 1.26 bits per heavy atom.